The Kier molecular flexibility index (Phi) is 6.29. The molecule has 1 aliphatic heterocycles. The zero-order chi connectivity index (χ0) is 22.8. The summed E-state index contributed by atoms with van der Waals surface area (Å²) in [7, 11) is 0. The Morgan fingerprint density at radius 2 is 1.85 bits per heavy atom. The highest BCUT2D eigenvalue weighted by molar-refractivity contribution is 7.15. The molecular formula is C27H29N3O2S. The van der Waals surface area contributed by atoms with Crippen molar-refractivity contribution in [3.05, 3.63) is 82.5 Å². The lowest BCUT2D eigenvalue weighted by Crippen LogP contribution is -2.38. The fourth-order valence-electron chi connectivity index (χ4n) is 4.31. The molecule has 0 aliphatic carbocycles. The molecule has 5 rings (SSSR count). The summed E-state index contributed by atoms with van der Waals surface area (Å²) in [4.78, 5) is 21.1. The molecule has 1 unspecified atom stereocenters. The van der Waals surface area contributed by atoms with Crippen LogP contribution < -0.4 is 0 Å². The molecule has 33 heavy (non-hydrogen) atoms. The van der Waals surface area contributed by atoms with Crippen LogP contribution in [0.1, 0.15) is 40.0 Å². The molecule has 1 fully saturated rings. The number of carbonyl (C=O) groups is 1. The smallest absolute Gasteiger partial charge is 0.253 e. The SMILES string of the molecule is Cc1ccc(C(=O)N(CCc2csc3nc(-c4ccc(C)cc4)cn23)CC2CCCO2)cc1. The molecule has 2 aromatic carbocycles. The van der Waals surface area contributed by atoms with E-state index in [0.29, 0.717) is 13.1 Å². The summed E-state index contributed by atoms with van der Waals surface area (Å²) in [5.74, 6) is 0.0722. The molecule has 6 heteroatoms. The van der Waals surface area contributed by atoms with E-state index in [2.05, 4.69) is 47.2 Å². The molecule has 0 radical (unpaired) electrons. The molecule has 4 aromatic rings. The molecule has 0 saturated carbocycles. The Morgan fingerprint density at radius 3 is 2.55 bits per heavy atom. The number of hydrogen-bond donors (Lipinski definition) is 0. The lowest BCUT2D eigenvalue weighted by atomic mass is 10.1. The van der Waals surface area contributed by atoms with Crippen LogP contribution >= 0.6 is 11.3 Å². The maximum atomic E-state index is 13.3. The van der Waals surface area contributed by atoms with Crippen LogP contribution in [-0.2, 0) is 11.2 Å². The number of rotatable bonds is 7. The minimum Gasteiger partial charge on any atom is -0.376 e. The first-order valence-corrected chi connectivity index (χ1v) is 12.4. The average Bonchev–Trinajstić information content (AvgIpc) is 3.56. The first-order chi connectivity index (χ1) is 16.1. The monoisotopic (exact) mass is 459 g/mol. The normalized spacial score (nSPS) is 15.9. The van der Waals surface area contributed by atoms with E-state index in [1.807, 2.05) is 36.1 Å². The molecule has 1 saturated heterocycles. The number of aromatic nitrogens is 2. The van der Waals surface area contributed by atoms with Gasteiger partial charge < -0.3 is 9.64 Å². The zero-order valence-electron chi connectivity index (χ0n) is 19.2. The number of fused-ring (bicyclic) bond motifs is 1. The number of imidazole rings is 1. The first kappa shape index (κ1) is 21.9. The number of amides is 1. The first-order valence-electron chi connectivity index (χ1n) is 11.6. The Labute approximate surface area is 198 Å². The molecule has 1 atom stereocenters. The minimum absolute atomic E-state index is 0.0722. The number of benzene rings is 2. The van der Waals surface area contributed by atoms with Crippen molar-refractivity contribution in [2.45, 2.75) is 39.2 Å². The van der Waals surface area contributed by atoms with Gasteiger partial charge in [-0.1, -0.05) is 47.5 Å². The van der Waals surface area contributed by atoms with Crippen LogP contribution in [0, 0.1) is 13.8 Å². The highest BCUT2D eigenvalue weighted by Gasteiger charge is 2.24. The molecule has 0 N–H and O–H groups in total. The summed E-state index contributed by atoms with van der Waals surface area (Å²) in [6.07, 6.45) is 5.09. The van der Waals surface area contributed by atoms with Crippen LogP contribution in [0.15, 0.2) is 60.1 Å². The van der Waals surface area contributed by atoms with Crippen LogP contribution in [0.5, 0.6) is 0 Å². The van der Waals surface area contributed by atoms with Gasteiger partial charge in [-0.25, -0.2) is 4.98 Å². The van der Waals surface area contributed by atoms with E-state index in [0.717, 1.165) is 53.2 Å². The van der Waals surface area contributed by atoms with Crippen LogP contribution in [0.4, 0.5) is 0 Å². The molecule has 1 aliphatic rings. The van der Waals surface area contributed by atoms with Gasteiger partial charge in [0.1, 0.15) is 0 Å². The van der Waals surface area contributed by atoms with E-state index >= 15 is 0 Å². The number of aryl methyl sites for hydroxylation is 2. The van der Waals surface area contributed by atoms with Crippen LogP contribution in [0.2, 0.25) is 0 Å². The van der Waals surface area contributed by atoms with Gasteiger partial charge in [0.15, 0.2) is 4.96 Å². The van der Waals surface area contributed by atoms with E-state index in [9.17, 15) is 4.79 Å². The lowest BCUT2D eigenvalue weighted by molar-refractivity contribution is 0.0528. The quantitative estimate of drug-likeness (QED) is 0.364. The van der Waals surface area contributed by atoms with Crippen LogP contribution in [0.3, 0.4) is 0 Å². The third-order valence-corrected chi connectivity index (χ3v) is 7.19. The van der Waals surface area contributed by atoms with Gasteiger partial charge in [0, 0.05) is 54.5 Å². The van der Waals surface area contributed by atoms with Gasteiger partial charge in [0.2, 0.25) is 0 Å². The lowest BCUT2D eigenvalue weighted by Gasteiger charge is -2.25. The summed E-state index contributed by atoms with van der Waals surface area (Å²) < 4.78 is 8.02. The molecule has 1 amide bonds. The Balaban J connectivity index is 1.35. The van der Waals surface area contributed by atoms with Crippen molar-refractivity contribution >= 4 is 22.2 Å². The summed E-state index contributed by atoms with van der Waals surface area (Å²) in [6, 6.07) is 16.3. The van der Waals surface area contributed by atoms with Crippen molar-refractivity contribution < 1.29 is 9.53 Å². The van der Waals surface area contributed by atoms with Gasteiger partial charge in [-0.15, -0.1) is 11.3 Å². The largest absolute Gasteiger partial charge is 0.376 e. The third kappa shape index (κ3) is 4.87. The minimum atomic E-state index is 0.0722. The molecular weight excluding hydrogens is 430 g/mol. The van der Waals surface area contributed by atoms with Crippen molar-refractivity contribution in [3.8, 4) is 11.3 Å². The van der Waals surface area contributed by atoms with Crippen molar-refractivity contribution in [2.24, 2.45) is 0 Å². The average molecular weight is 460 g/mol. The number of carbonyl (C=O) groups excluding carboxylic acids is 1. The van der Waals surface area contributed by atoms with E-state index < -0.39 is 0 Å². The highest BCUT2D eigenvalue weighted by Crippen LogP contribution is 2.25. The molecule has 3 heterocycles. The van der Waals surface area contributed by atoms with Crippen molar-refractivity contribution in [1.82, 2.24) is 14.3 Å². The van der Waals surface area contributed by atoms with Crippen LogP contribution in [-0.4, -0.2) is 46.0 Å². The second-order valence-corrected chi connectivity index (χ2v) is 9.71. The molecule has 5 nitrogen and oxygen atoms in total. The summed E-state index contributed by atoms with van der Waals surface area (Å²) in [5.41, 5.74) is 6.41. The number of hydrogen-bond acceptors (Lipinski definition) is 4. The topological polar surface area (TPSA) is 46.8 Å². The van der Waals surface area contributed by atoms with Crippen molar-refractivity contribution in [2.75, 3.05) is 19.7 Å². The molecule has 0 spiro atoms. The van der Waals surface area contributed by atoms with E-state index in [4.69, 9.17) is 9.72 Å². The van der Waals surface area contributed by atoms with E-state index in [-0.39, 0.29) is 12.0 Å². The Morgan fingerprint density at radius 1 is 1.12 bits per heavy atom. The molecule has 170 valence electrons. The van der Waals surface area contributed by atoms with Gasteiger partial charge in [0.05, 0.1) is 11.8 Å². The number of ether oxygens (including phenoxy) is 1. The van der Waals surface area contributed by atoms with Gasteiger partial charge in [-0.05, 0) is 38.8 Å². The predicted octanol–water partition coefficient (Wildman–Crippen LogP) is 5.54. The Bertz CT molecular complexity index is 1230. The van der Waals surface area contributed by atoms with Crippen LogP contribution in [0.25, 0.3) is 16.2 Å². The molecule has 0 bridgehead atoms. The fourth-order valence-corrected chi connectivity index (χ4v) is 5.22. The van der Waals surface area contributed by atoms with Crippen molar-refractivity contribution in [3.63, 3.8) is 0 Å². The van der Waals surface area contributed by atoms with Gasteiger partial charge >= 0.3 is 0 Å². The van der Waals surface area contributed by atoms with E-state index in [1.54, 1.807) is 11.3 Å². The fraction of sp³-hybridized carbons (Fsp3) is 0.333. The predicted molar refractivity (Wildman–Crippen MR) is 133 cm³/mol. The highest BCUT2D eigenvalue weighted by atomic mass is 32.1. The second-order valence-electron chi connectivity index (χ2n) is 8.87. The number of nitrogens with zero attached hydrogens (tertiary/aromatic N) is 3. The van der Waals surface area contributed by atoms with Gasteiger partial charge in [0.25, 0.3) is 5.91 Å². The molecule has 2 aromatic heterocycles. The standard InChI is InChI=1S/C27H29N3O2S/c1-19-5-9-21(10-6-19)25-17-30-23(18-33-27(30)28-25)13-14-29(16-24-4-3-15-32-24)26(31)22-11-7-20(2)8-12-22/h5-12,17-18,24H,3-4,13-16H2,1-2H3. The number of thiazole rings is 1. The van der Waals surface area contributed by atoms with Gasteiger partial charge in [-0.3, -0.25) is 9.20 Å². The third-order valence-electron chi connectivity index (χ3n) is 6.30. The van der Waals surface area contributed by atoms with Crippen molar-refractivity contribution in [1.29, 1.82) is 0 Å². The van der Waals surface area contributed by atoms with E-state index in [1.165, 1.54) is 11.3 Å². The summed E-state index contributed by atoms with van der Waals surface area (Å²) in [6.45, 7) is 6.21. The summed E-state index contributed by atoms with van der Waals surface area (Å²) >= 11 is 1.65. The maximum Gasteiger partial charge on any atom is 0.253 e. The zero-order valence-corrected chi connectivity index (χ0v) is 20.0. The second kappa shape index (κ2) is 9.49. The maximum absolute atomic E-state index is 13.3. The van der Waals surface area contributed by atoms with Gasteiger partial charge in [-0.2, -0.15) is 0 Å². The summed E-state index contributed by atoms with van der Waals surface area (Å²) in [5, 5.41) is 2.15. The Hall–Kier alpha value is -2.96.